The molecule has 0 spiro atoms. The van der Waals surface area contributed by atoms with E-state index >= 15 is 0 Å². The van der Waals surface area contributed by atoms with Gasteiger partial charge in [0.2, 0.25) is 0 Å². The van der Waals surface area contributed by atoms with E-state index in [0.717, 1.165) is 43.1 Å². The van der Waals surface area contributed by atoms with E-state index in [-0.39, 0.29) is 11.2 Å². The normalized spacial score (nSPS) is 15.6. The Morgan fingerprint density at radius 3 is 2.36 bits per heavy atom. The van der Waals surface area contributed by atoms with Crippen LogP contribution in [0.4, 0.5) is 14.5 Å². The number of hydrogen-bond donors (Lipinski definition) is 2. The van der Waals surface area contributed by atoms with E-state index in [1.807, 2.05) is 24.3 Å². The number of methoxy groups -OCH3 is 1. The standard InChI is InChI=1S/C19H20F2N2OS/c1-24-15-7-4-13(5-8-15)19(10-2-3-11-19)23-18(25)22-17-9-6-14(20)12-16(17)21/h4-9,12H,2-3,10-11H2,1H3,(H2,22,23,25). The number of rotatable bonds is 4. The lowest BCUT2D eigenvalue weighted by molar-refractivity contribution is 0.401. The fraction of sp³-hybridized carbons (Fsp3) is 0.316. The van der Waals surface area contributed by atoms with Crippen molar-refractivity contribution >= 4 is 23.0 Å². The molecule has 0 aromatic heterocycles. The highest BCUT2D eigenvalue weighted by atomic mass is 32.1. The third-order valence-corrected chi connectivity index (χ3v) is 4.84. The molecule has 1 aliphatic rings. The number of thiocarbonyl (C=S) groups is 1. The Hall–Kier alpha value is -2.21. The first-order valence-electron chi connectivity index (χ1n) is 8.21. The van der Waals surface area contributed by atoms with Gasteiger partial charge >= 0.3 is 0 Å². The van der Waals surface area contributed by atoms with Crippen LogP contribution in [0.25, 0.3) is 0 Å². The minimum absolute atomic E-state index is 0.154. The van der Waals surface area contributed by atoms with Gasteiger partial charge in [0.1, 0.15) is 17.4 Å². The lowest BCUT2D eigenvalue weighted by Crippen LogP contribution is -2.45. The average Bonchev–Trinajstić information content (AvgIpc) is 3.07. The number of halogens is 2. The number of nitrogens with one attached hydrogen (secondary N) is 2. The summed E-state index contributed by atoms with van der Waals surface area (Å²) in [5.41, 5.74) is 0.989. The van der Waals surface area contributed by atoms with Crippen LogP contribution in [0.2, 0.25) is 0 Å². The molecule has 0 saturated heterocycles. The SMILES string of the molecule is COc1ccc(C2(NC(=S)Nc3ccc(F)cc3F)CCCC2)cc1. The van der Waals surface area contributed by atoms with Crippen LogP contribution in [0.5, 0.6) is 5.75 Å². The van der Waals surface area contributed by atoms with Gasteiger partial charge in [-0.1, -0.05) is 25.0 Å². The summed E-state index contributed by atoms with van der Waals surface area (Å²) in [5.74, 6) is -0.493. The molecule has 0 atom stereocenters. The number of benzene rings is 2. The zero-order valence-electron chi connectivity index (χ0n) is 13.9. The van der Waals surface area contributed by atoms with Crippen molar-refractivity contribution < 1.29 is 13.5 Å². The van der Waals surface area contributed by atoms with Gasteiger partial charge in [-0.2, -0.15) is 0 Å². The Labute approximate surface area is 151 Å². The summed E-state index contributed by atoms with van der Waals surface area (Å²) in [4.78, 5) is 0. The van der Waals surface area contributed by atoms with Gasteiger partial charge in [-0.05, 0) is 54.9 Å². The maximum Gasteiger partial charge on any atom is 0.171 e. The van der Waals surface area contributed by atoms with Crippen LogP contribution in [0.3, 0.4) is 0 Å². The van der Waals surface area contributed by atoms with Crippen LogP contribution in [0.15, 0.2) is 42.5 Å². The topological polar surface area (TPSA) is 33.3 Å². The van der Waals surface area contributed by atoms with Gasteiger partial charge in [-0.3, -0.25) is 0 Å². The van der Waals surface area contributed by atoms with Crippen molar-refractivity contribution in [3.8, 4) is 5.75 Å². The Morgan fingerprint density at radius 2 is 1.76 bits per heavy atom. The zero-order chi connectivity index (χ0) is 17.9. The van der Waals surface area contributed by atoms with E-state index in [9.17, 15) is 8.78 Å². The highest BCUT2D eigenvalue weighted by molar-refractivity contribution is 7.80. The van der Waals surface area contributed by atoms with Gasteiger partial charge in [0.05, 0.1) is 18.3 Å². The van der Waals surface area contributed by atoms with Gasteiger partial charge in [-0.25, -0.2) is 8.78 Å². The Balaban J connectivity index is 1.77. The second-order valence-corrected chi connectivity index (χ2v) is 6.63. The maximum absolute atomic E-state index is 13.8. The molecule has 3 rings (SSSR count). The molecule has 0 radical (unpaired) electrons. The zero-order valence-corrected chi connectivity index (χ0v) is 14.8. The molecule has 3 nitrogen and oxygen atoms in total. The molecule has 2 aromatic rings. The van der Waals surface area contributed by atoms with Crippen molar-refractivity contribution in [3.63, 3.8) is 0 Å². The van der Waals surface area contributed by atoms with Gasteiger partial charge in [-0.15, -0.1) is 0 Å². The third kappa shape index (κ3) is 3.90. The van der Waals surface area contributed by atoms with E-state index in [4.69, 9.17) is 17.0 Å². The summed E-state index contributed by atoms with van der Waals surface area (Å²) in [6, 6.07) is 11.3. The van der Waals surface area contributed by atoms with E-state index in [1.165, 1.54) is 12.1 Å². The monoisotopic (exact) mass is 362 g/mol. The van der Waals surface area contributed by atoms with Gasteiger partial charge in [0.25, 0.3) is 0 Å². The van der Waals surface area contributed by atoms with Crippen molar-refractivity contribution in [2.45, 2.75) is 31.2 Å². The van der Waals surface area contributed by atoms with Gasteiger partial charge < -0.3 is 15.4 Å². The molecule has 25 heavy (non-hydrogen) atoms. The summed E-state index contributed by atoms with van der Waals surface area (Å²) < 4.78 is 32.1. The first kappa shape index (κ1) is 17.6. The van der Waals surface area contributed by atoms with Crippen LogP contribution in [-0.2, 0) is 5.54 Å². The van der Waals surface area contributed by atoms with E-state index < -0.39 is 11.6 Å². The second kappa shape index (κ2) is 7.35. The van der Waals surface area contributed by atoms with E-state index in [1.54, 1.807) is 7.11 Å². The van der Waals surface area contributed by atoms with Crippen molar-refractivity contribution in [2.24, 2.45) is 0 Å². The Morgan fingerprint density at radius 1 is 1.08 bits per heavy atom. The average molecular weight is 362 g/mol. The van der Waals surface area contributed by atoms with Crippen molar-refractivity contribution in [3.05, 3.63) is 59.7 Å². The van der Waals surface area contributed by atoms with Crippen molar-refractivity contribution in [1.82, 2.24) is 5.32 Å². The summed E-state index contributed by atoms with van der Waals surface area (Å²) in [6.45, 7) is 0. The molecule has 0 heterocycles. The van der Waals surface area contributed by atoms with E-state index in [2.05, 4.69) is 10.6 Å². The fourth-order valence-corrected chi connectivity index (χ4v) is 3.64. The Bertz CT molecular complexity index is 759. The fourth-order valence-electron chi connectivity index (χ4n) is 3.34. The lowest BCUT2D eigenvalue weighted by atomic mass is 9.88. The van der Waals surface area contributed by atoms with Crippen LogP contribution in [-0.4, -0.2) is 12.2 Å². The third-order valence-electron chi connectivity index (χ3n) is 4.63. The molecule has 1 saturated carbocycles. The number of anilines is 1. The molecular formula is C19H20F2N2OS. The highest BCUT2D eigenvalue weighted by Crippen LogP contribution is 2.39. The minimum Gasteiger partial charge on any atom is -0.497 e. The molecule has 0 unspecified atom stereocenters. The molecule has 0 amide bonds. The summed E-state index contributed by atoms with van der Waals surface area (Å²) in [7, 11) is 1.63. The second-order valence-electron chi connectivity index (χ2n) is 6.22. The molecule has 2 aromatic carbocycles. The largest absolute Gasteiger partial charge is 0.497 e. The summed E-state index contributed by atoms with van der Waals surface area (Å²) in [5, 5.41) is 6.51. The Kier molecular flexibility index (Phi) is 5.18. The molecule has 2 N–H and O–H groups in total. The molecule has 132 valence electrons. The molecule has 0 bridgehead atoms. The molecule has 1 aliphatic carbocycles. The summed E-state index contributed by atoms with van der Waals surface area (Å²) in [6.07, 6.45) is 4.05. The predicted octanol–water partition coefficient (Wildman–Crippen LogP) is 4.73. The van der Waals surface area contributed by atoms with Gasteiger partial charge in [0.15, 0.2) is 5.11 Å². The quantitative estimate of drug-likeness (QED) is 0.771. The van der Waals surface area contributed by atoms with Crippen LogP contribution in [0.1, 0.15) is 31.2 Å². The highest BCUT2D eigenvalue weighted by Gasteiger charge is 2.36. The van der Waals surface area contributed by atoms with Crippen LogP contribution in [0, 0.1) is 11.6 Å². The first-order chi connectivity index (χ1) is 12.0. The molecule has 0 aliphatic heterocycles. The smallest absolute Gasteiger partial charge is 0.171 e. The molecular weight excluding hydrogens is 342 g/mol. The van der Waals surface area contributed by atoms with Crippen molar-refractivity contribution in [1.29, 1.82) is 0 Å². The summed E-state index contributed by atoms with van der Waals surface area (Å²) >= 11 is 5.38. The van der Waals surface area contributed by atoms with Crippen LogP contribution < -0.4 is 15.4 Å². The number of hydrogen-bond acceptors (Lipinski definition) is 2. The first-order valence-corrected chi connectivity index (χ1v) is 8.62. The van der Waals surface area contributed by atoms with Crippen LogP contribution >= 0.6 is 12.2 Å². The molecule has 6 heteroatoms. The maximum atomic E-state index is 13.8. The lowest BCUT2D eigenvalue weighted by Gasteiger charge is -2.32. The molecule has 1 fully saturated rings. The van der Waals surface area contributed by atoms with Gasteiger partial charge in [0, 0.05) is 6.07 Å². The van der Waals surface area contributed by atoms with E-state index in [0.29, 0.717) is 5.11 Å². The number of ether oxygens (including phenoxy) is 1. The minimum atomic E-state index is -0.672. The van der Waals surface area contributed by atoms with Crippen molar-refractivity contribution in [2.75, 3.05) is 12.4 Å². The predicted molar refractivity (Wildman–Crippen MR) is 98.9 cm³/mol.